The van der Waals surface area contributed by atoms with Gasteiger partial charge in [-0.3, -0.25) is 24.6 Å². The topological polar surface area (TPSA) is 72.3 Å². The molecule has 2 aliphatic carbocycles. The van der Waals surface area contributed by atoms with Crippen LogP contribution in [0.15, 0.2) is 52.8 Å². The molecule has 5 aliphatic rings. The monoisotopic (exact) mass is 475 g/mol. The van der Waals surface area contributed by atoms with Gasteiger partial charge in [-0.05, 0) is 49.2 Å². The van der Waals surface area contributed by atoms with Crippen molar-refractivity contribution in [2.75, 3.05) is 51.2 Å². The van der Waals surface area contributed by atoms with Gasteiger partial charge in [0.2, 0.25) is 0 Å². The molecule has 5 atom stereocenters. The Morgan fingerprint density at radius 3 is 2.77 bits per heavy atom. The second kappa shape index (κ2) is 9.26. The van der Waals surface area contributed by atoms with Crippen LogP contribution >= 0.6 is 0 Å². The van der Waals surface area contributed by atoms with Crippen molar-refractivity contribution in [1.29, 1.82) is 0 Å². The van der Waals surface area contributed by atoms with Crippen molar-refractivity contribution in [2.45, 2.75) is 49.8 Å². The minimum atomic E-state index is -0.493. The number of hydrogen-bond acceptors (Lipinski definition) is 7. The highest BCUT2D eigenvalue weighted by Gasteiger charge is 2.61. The quantitative estimate of drug-likeness (QED) is 0.721. The Kier molecular flexibility index (Phi) is 6.11. The predicted molar refractivity (Wildman–Crippen MR) is 138 cm³/mol. The van der Waals surface area contributed by atoms with E-state index in [9.17, 15) is 9.90 Å². The second-order valence-electron chi connectivity index (χ2n) is 11.0. The molecule has 7 nitrogen and oxygen atoms in total. The molecule has 5 unspecified atom stereocenters. The fourth-order valence-corrected chi connectivity index (χ4v) is 7.47. The molecule has 1 aromatic heterocycles. The number of nitrogens with zero attached hydrogens (tertiary/aromatic N) is 5. The van der Waals surface area contributed by atoms with Gasteiger partial charge in [-0.2, -0.15) is 0 Å². The normalized spacial score (nSPS) is 35.9. The van der Waals surface area contributed by atoms with Crippen LogP contribution in [0, 0.1) is 11.8 Å². The number of aliphatic imine (C=N–C) groups is 1. The minimum absolute atomic E-state index is 0.0530. The van der Waals surface area contributed by atoms with E-state index in [1.807, 2.05) is 30.8 Å². The van der Waals surface area contributed by atoms with Gasteiger partial charge in [-0.25, -0.2) is 0 Å². The second-order valence-corrected chi connectivity index (χ2v) is 11.0. The third-order valence-electron chi connectivity index (χ3n) is 9.04. The maximum Gasteiger partial charge on any atom is 0.163 e. The van der Waals surface area contributed by atoms with Gasteiger partial charge < -0.3 is 10.0 Å². The van der Waals surface area contributed by atoms with Crippen LogP contribution in [0.1, 0.15) is 32.1 Å². The molecule has 2 saturated heterocycles. The van der Waals surface area contributed by atoms with Crippen molar-refractivity contribution in [2.24, 2.45) is 16.8 Å². The molecule has 4 heterocycles. The molecule has 0 radical (unpaired) electrons. The molecule has 1 N–H and O–H groups in total. The van der Waals surface area contributed by atoms with E-state index in [1.54, 1.807) is 0 Å². The van der Waals surface area contributed by atoms with Gasteiger partial charge in [0, 0.05) is 70.1 Å². The highest BCUT2D eigenvalue weighted by Crippen LogP contribution is 2.51. The first-order valence-electron chi connectivity index (χ1n) is 13.3. The number of ketones is 1. The van der Waals surface area contributed by atoms with Gasteiger partial charge in [0.25, 0.3) is 0 Å². The smallest absolute Gasteiger partial charge is 0.163 e. The van der Waals surface area contributed by atoms with Crippen LogP contribution in [0.5, 0.6) is 0 Å². The summed E-state index contributed by atoms with van der Waals surface area (Å²) >= 11 is 0. The van der Waals surface area contributed by atoms with E-state index in [2.05, 4.69) is 38.9 Å². The molecule has 0 bridgehead atoms. The molecular formula is C28H37N5O2. The number of piperazine rings is 1. The third-order valence-corrected chi connectivity index (χ3v) is 9.04. The van der Waals surface area contributed by atoms with Crippen molar-refractivity contribution in [3.05, 3.63) is 47.8 Å². The number of aliphatic hydroxyl groups is 1. The van der Waals surface area contributed by atoms with Crippen molar-refractivity contribution in [3.63, 3.8) is 0 Å². The van der Waals surface area contributed by atoms with Crippen LogP contribution in [0.2, 0.25) is 0 Å². The zero-order valence-electron chi connectivity index (χ0n) is 20.7. The van der Waals surface area contributed by atoms with Crippen molar-refractivity contribution >= 4 is 17.7 Å². The standard InChI is InChI=1S/C28H37N5O2/c1-31-19-28-23(8-5-11-30-28)20(16-25(35)26(28)27(31)22-7-2-3-9-24(22)34)18-32-12-14-33(15-13-32)21-6-4-10-29-17-21/h4,6,8,10-11,16-17,22,24,26-27,34H,2-3,5,7,9,12-15,18-19H2,1H3. The summed E-state index contributed by atoms with van der Waals surface area (Å²) in [6.07, 6.45) is 14.6. The number of rotatable bonds is 4. The van der Waals surface area contributed by atoms with Gasteiger partial charge in [0.15, 0.2) is 5.78 Å². The van der Waals surface area contributed by atoms with Gasteiger partial charge in [-0.1, -0.05) is 18.9 Å². The number of anilines is 1. The van der Waals surface area contributed by atoms with Gasteiger partial charge >= 0.3 is 0 Å². The average molecular weight is 476 g/mol. The Hall–Kier alpha value is -2.35. The van der Waals surface area contributed by atoms with Crippen LogP contribution in [-0.4, -0.2) is 95.9 Å². The van der Waals surface area contributed by atoms with E-state index < -0.39 is 5.54 Å². The van der Waals surface area contributed by atoms with Gasteiger partial charge in [-0.15, -0.1) is 0 Å². The van der Waals surface area contributed by atoms with Crippen molar-refractivity contribution < 1.29 is 9.90 Å². The number of dihydropyridines is 1. The van der Waals surface area contributed by atoms with Crippen molar-refractivity contribution in [1.82, 2.24) is 14.8 Å². The lowest BCUT2D eigenvalue weighted by molar-refractivity contribution is -0.121. The van der Waals surface area contributed by atoms with E-state index in [4.69, 9.17) is 4.99 Å². The number of likely N-dealkylation sites (tertiary alicyclic amines) is 1. The van der Waals surface area contributed by atoms with Crippen LogP contribution in [0.4, 0.5) is 5.69 Å². The first-order valence-corrected chi connectivity index (χ1v) is 13.3. The lowest BCUT2D eigenvalue weighted by Gasteiger charge is -2.44. The Bertz CT molecular complexity index is 1040. The summed E-state index contributed by atoms with van der Waals surface area (Å²) in [6.45, 7) is 5.40. The molecule has 6 rings (SSSR count). The van der Waals surface area contributed by atoms with E-state index in [1.165, 1.54) is 11.3 Å². The van der Waals surface area contributed by atoms with Gasteiger partial charge in [0.1, 0.15) is 5.54 Å². The molecule has 0 aromatic carbocycles. The minimum Gasteiger partial charge on any atom is -0.393 e. The number of carbonyl (C=O) groups is 1. The fraction of sp³-hybridized carbons (Fsp3) is 0.607. The van der Waals surface area contributed by atoms with Crippen molar-refractivity contribution in [3.8, 4) is 0 Å². The number of hydrogen-bond donors (Lipinski definition) is 1. The number of carbonyl (C=O) groups excluding carboxylic acids is 1. The molecule has 35 heavy (non-hydrogen) atoms. The molecule has 7 heteroatoms. The SMILES string of the molecule is CN1CC23N=CCC=C2C(CN2CCN(c4cccnc4)CC2)=CC(=O)C3C1C1CCCCC1O. The van der Waals surface area contributed by atoms with E-state index in [-0.39, 0.29) is 29.8 Å². The average Bonchev–Trinajstić information content (AvgIpc) is 3.17. The summed E-state index contributed by atoms with van der Waals surface area (Å²) in [5.74, 6) is 0.160. The fourth-order valence-electron chi connectivity index (χ4n) is 7.47. The summed E-state index contributed by atoms with van der Waals surface area (Å²) in [6, 6.07) is 4.16. The first-order chi connectivity index (χ1) is 17.1. The molecule has 3 aliphatic heterocycles. The maximum absolute atomic E-state index is 13.8. The summed E-state index contributed by atoms with van der Waals surface area (Å²) in [4.78, 5) is 30.4. The Morgan fingerprint density at radius 2 is 2.00 bits per heavy atom. The molecule has 3 fully saturated rings. The summed E-state index contributed by atoms with van der Waals surface area (Å²) in [7, 11) is 2.13. The summed E-state index contributed by atoms with van der Waals surface area (Å²) < 4.78 is 0. The molecule has 186 valence electrons. The van der Waals surface area contributed by atoms with Crippen LogP contribution in [-0.2, 0) is 4.79 Å². The zero-order valence-corrected chi connectivity index (χ0v) is 20.7. The molecular weight excluding hydrogens is 438 g/mol. The first kappa shape index (κ1) is 23.1. The number of pyridine rings is 1. The van der Waals surface area contributed by atoms with Gasteiger partial charge in [0.05, 0.1) is 23.9 Å². The van der Waals surface area contributed by atoms with Crippen LogP contribution in [0.3, 0.4) is 0 Å². The molecule has 1 saturated carbocycles. The maximum atomic E-state index is 13.8. The largest absolute Gasteiger partial charge is 0.393 e. The number of aliphatic hydroxyl groups excluding tert-OH is 1. The summed E-state index contributed by atoms with van der Waals surface area (Å²) in [5.41, 5.74) is 3.10. The number of allylic oxidation sites excluding steroid dienone is 2. The molecule has 0 amide bonds. The van der Waals surface area contributed by atoms with E-state index >= 15 is 0 Å². The highest BCUT2D eigenvalue weighted by molar-refractivity contribution is 5.98. The third kappa shape index (κ3) is 3.98. The lowest BCUT2D eigenvalue weighted by Crippen LogP contribution is -2.53. The molecule has 1 spiro atoms. The lowest BCUT2D eigenvalue weighted by atomic mass is 9.64. The molecule has 1 aromatic rings. The number of aromatic nitrogens is 1. The summed E-state index contributed by atoms with van der Waals surface area (Å²) in [5, 5.41) is 10.9. The Morgan fingerprint density at radius 1 is 1.17 bits per heavy atom. The predicted octanol–water partition coefficient (Wildman–Crippen LogP) is 2.33. The Balaban J connectivity index is 1.23. The highest BCUT2D eigenvalue weighted by atomic mass is 16.3. The van der Waals surface area contributed by atoms with Crippen LogP contribution < -0.4 is 4.90 Å². The zero-order chi connectivity index (χ0) is 24.0. The van der Waals surface area contributed by atoms with E-state index in [0.29, 0.717) is 0 Å². The number of likely N-dealkylation sites (N-methyl/N-ethyl adjacent to an activating group) is 1. The van der Waals surface area contributed by atoms with Crippen LogP contribution in [0.25, 0.3) is 0 Å². The van der Waals surface area contributed by atoms with E-state index in [0.717, 1.165) is 76.9 Å². The Labute approximate surface area is 208 Å².